The van der Waals surface area contributed by atoms with Crippen LogP contribution >= 0.6 is 0 Å². The van der Waals surface area contributed by atoms with Gasteiger partial charge < -0.3 is 0 Å². The van der Waals surface area contributed by atoms with E-state index in [4.69, 9.17) is 0 Å². The topological polar surface area (TPSA) is 24.4 Å². The van der Waals surface area contributed by atoms with Crippen molar-refractivity contribution in [1.82, 2.24) is 5.32 Å². The predicted octanol–water partition coefficient (Wildman–Crippen LogP) is 1.42. The summed E-state index contributed by atoms with van der Waals surface area (Å²) in [7, 11) is 0. The molecule has 9 heavy (non-hydrogen) atoms. The first-order chi connectivity index (χ1) is 4.31. The zero-order valence-corrected chi connectivity index (χ0v) is 6.52. The summed E-state index contributed by atoms with van der Waals surface area (Å²) in [6.45, 7) is 7.21. The molecule has 0 aliphatic rings. The number of aliphatic imine (C=N–C) groups is 1. The highest BCUT2D eigenvalue weighted by Crippen LogP contribution is 1.81. The molecule has 0 aromatic rings. The summed E-state index contributed by atoms with van der Waals surface area (Å²) in [4.78, 5) is 4.20. The number of nitrogens with one attached hydrogen (secondary N) is 1. The second-order valence-corrected chi connectivity index (χ2v) is 1.97. The highest BCUT2D eigenvalue weighted by molar-refractivity contribution is 5.56. The molecule has 0 saturated heterocycles. The van der Waals surface area contributed by atoms with Crippen molar-refractivity contribution in [3.63, 3.8) is 0 Å². The molecule has 0 radical (unpaired) electrons. The molecule has 1 N–H and O–H groups in total. The maximum atomic E-state index is 4.20. The Morgan fingerprint density at radius 1 is 1.56 bits per heavy atom. The predicted molar refractivity (Wildman–Crippen MR) is 41.9 cm³/mol. The highest BCUT2D eigenvalue weighted by atomic mass is 15.0. The number of hydrogen-bond acceptors (Lipinski definition) is 2. The Balaban J connectivity index is 3.25. The zero-order valence-electron chi connectivity index (χ0n) is 6.52. The molecule has 2 heteroatoms. The van der Waals surface area contributed by atoms with Gasteiger partial charge in [0.15, 0.2) is 0 Å². The number of rotatable bonds is 4. The van der Waals surface area contributed by atoms with E-state index in [1.54, 1.807) is 0 Å². The third-order valence-electron chi connectivity index (χ3n) is 1.01. The standard InChI is InChI=1S/C7H16N2/c1-4-6-9-7(3)8-5-2/h6-8H,4-5H2,1-3H3. The molecule has 0 amide bonds. The van der Waals surface area contributed by atoms with Gasteiger partial charge in [0, 0.05) is 6.21 Å². The van der Waals surface area contributed by atoms with Crippen LogP contribution in [0, 0.1) is 0 Å². The van der Waals surface area contributed by atoms with Crippen LogP contribution in [0.5, 0.6) is 0 Å². The molecular weight excluding hydrogens is 112 g/mol. The molecule has 0 heterocycles. The van der Waals surface area contributed by atoms with Crippen LogP contribution in [0.15, 0.2) is 4.99 Å². The van der Waals surface area contributed by atoms with Crippen molar-refractivity contribution in [3.8, 4) is 0 Å². The molecule has 1 unspecified atom stereocenters. The fourth-order valence-electron chi connectivity index (χ4n) is 0.612. The van der Waals surface area contributed by atoms with Gasteiger partial charge in [0.1, 0.15) is 0 Å². The van der Waals surface area contributed by atoms with Crippen molar-refractivity contribution in [2.45, 2.75) is 33.4 Å². The van der Waals surface area contributed by atoms with Crippen LogP contribution in [-0.4, -0.2) is 18.9 Å². The molecule has 0 fully saturated rings. The van der Waals surface area contributed by atoms with Gasteiger partial charge in [-0.05, 0) is 19.9 Å². The van der Waals surface area contributed by atoms with E-state index in [9.17, 15) is 0 Å². The molecule has 0 rings (SSSR count). The summed E-state index contributed by atoms with van der Waals surface area (Å²) in [5, 5.41) is 3.18. The van der Waals surface area contributed by atoms with Gasteiger partial charge >= 0.3 is 0 Å². The third kappa shape index (κ3) is 5.50. The average Bonchev–Trinajstić information content (AvgIpc) is 1.85. The lowest BCUT2D eigenvalue weighted by atomic mass is 10.5. The normalized spacial score (nSPS) is 14.6. The van der Waals surface area contributed by atoms with Crippen LogP contribution in [0.4, 0.5) is 0 Å². The lowest BCUT2D eigenvalue weighted by molar-refractivity contribution is 0.592. The summed E-state index contributed by atoms with van der Waals surface area (Å²) < 4.78 is 0. The quantitative estimate of drug-likeness (QED) is 0.569. The Hall–Kier alpha value is -0.370. The van der Waals surface area contributed by atoms with Crippen LogP contribution in [0.2, 0.25) is 0 Å². The van der Waals surface area contributed by atoms with Gasteiger partial charge in [0.05, 0.1) is 6.17 Å². The van der Waals surface area contributed by atoms with Gasteiger partial charge in [0.2, 0.25) is 0 Å². The molecule has 0 aliphatic heterocycles. The minimum absolute atomic E-state index is 0.287. The smallest absolute Gasteiger partial charge is 0.0961 e. The first-order valence-corrected chi connectivity index (χ1v) is 3.56. The first-order valence-electron chi connectivity index (χ1n) is 3.56. The number of nitrogens with zero attached hydrogens (tertiary/aromatic N) is 1. The van der Waals surface area contributed by atoms with E-state index >= 15 is 0 Å². The van der Waals surface area contributed by atoms with E-state index in [0.29, 0.717) is 0 Å². The van der Waals surface area contributed by atoms with E-state index in [1.807, 2.05) is 6.21 Å². The molecular formula is C7H16N2. The van der Waals surface area contributed by atoms with Gasteiger partial charge in [-0.15, -0.1) is 0 Å². The van der Waals surface area contributed by atoms with Crippen LogP contribution in [0.3, 0.4) is 0 Å². The van der Waals surface area contributed by atoms with Gasteiger partial charge in [-0.1, -0.05) is 13.8 Å². The fourth-order valence-corrected chi connectivity index (χ4v) is 0.612. The van der Waals surface area contributed by atoms with E-state index in [-0.39, 0.29) is 6.17 Å². The molecule has 0 aromatic carbocycles. The minimum Gasteiger partial charge on any atom is -0.296 e. The number of hydrogen-bond donors (Lipinski definition) is 1. The second-order valence-electron chi connectivity index (χ2n) is 1.97. The molecule has 0 aromatic heterocycles. The summed E-state index contributed by atoms with van der Waals surface area (Å²) in [5.74, 6) is 0. The van der Waals surface area contributed by atoms with Crippen molar-refractivity contribution in [2.75, 3.05) is 6.54 Å². The summed E-state index contributed by atoms with van der Waals surface area (Å²) in [5.41, 5.74) is 0. The Morgan fingerprint density at radius 3 is 2.67 bits per heavy atom. The fraction of sp³-hybridized carbons (Fsp3) is 0.857. The van der Waals surface area contributed by atoms with Crippen LogP contribution in [0.1, 0.15) is 27.2 Å². The molecule has 0 aliphatic carbocycles. The van der Waals surface area contributed by atoms with Gasteiger partial charge in [-0.3, -0.25) is 10.3 Å². The molecule has 2 nitrogen and oxygen atoms in total. The third-order valence-corrected chi connectivity index (χ3v) is 1.01. The minimum atomic E-state index is 0.287. The Kier molecular flexibility index (Phi) is 5.52. The lowest BCUT2D eigenvalue weighted by Gasteiger charge is -2.04. The van der Waals surface area contributed by atoms with Gasteiger partial charge in [0.25, 0.3) is 0 Å². The summed E-state index contributed by atoms with van der Waals surface area (Å²) in [6.07, 6.45) is 3.25. The maximum absolute atomic E-state index is 4.20. The zero-order chi connectivity index (χ0) is 7.11. The molecule has 54 valence electrons. The van der Waals surface area contributed by atoms with E-state index in [1.165, 1.54) is 0 Å². The van der Waals surface area contributed by atoms with Crippen molar-refractivity contribution in [1.29, 1.82) is 0 Å². The summed E-state index contributed by atoms with van der Waals surface area (Å²) in [6, 6.07) is 0. The molecule has 1 atom stereocenters. The first kappa shape index (κ1) is 8.63. The van der Waals surface area contributed by atoms with Gasteiger partial charge in [-0.25, -0.2) is 0 Å². The van der Waals surface area contributed by atoms with Crippen molar-refractivity contribution in [3.05, 3.63) is 0 Å². The highest BCUT2D eigenvalue weighted by Gasteiger charge is 1.89. The monoisotopic (exact) mass is 128 g/mol. The maximum Gasteiger partial charge on any atom is 0.0961 e. The Labute approximate surface area is 57.4 Å². The summed E-state index contributed by atoms with van der Waals surface area (Å²) >= 11 is 0. The van der Waals surface area contributed by atoms with Gasteiger partial charge in [-0.2, -0.15) is 0 Å². The van der Waals surface area contributed by atoms with Crippen LogP contribution in [0.25, 0.3) is 0 Å². The SMILES string of the molecule is CCC=NC(C)NCC. The van der Waals surface area contributed by atoms with Crippen LogP contribution in [-0.2, 0) is 0 Å². The molecule has 0 saturated carbocycles. The lowest BCUT2D eigenvalue weighted by Crippen LogP contribution is -2.23. The van der Waals surface area contributed by atoms with Crippen molar-refractivity contribution >= 4 is 6.21 Å². The van der Waals surface area contributed by atoms with E-state index < -0.39 is 0 Å². The average molecular weight is 128 g/mol. The Morgan fingerprint density at radius 2 is 2.22 bits per heavy atom. The second kappa shape index (κ2) is 5.76. The van der Waals surface area contributed by atoms with Crippen LogP contribution < -0.4 is 5.32 Å². The Bertz CT molecular complexity index is 79.0. The van der Waals surface area contributed by atoms with Crippen molar-refractivity contribution < 1.29 is 0 Å². The largest absolute Gasteiger partial charge is 0.296 e. The van der Waals surface area contributed by atoms with Crippen molar-refractivity contribution in [2.24, 2.45) is 4.99 Å². The van der Waals surface area contributed by atoms with E-state index in [0.717, 1.165) is 13.0 Å². The molecule has 0 bridgehead atoms. The molecule has 0 spiro atoms. The van der Waals surface area contributed by atoms with E-state index in [2.05, 4.69) is 31.1 Å².